The zero-order valence-electron chi connectivity index (χ0n) is 20.4. The summed E-state index contributed by atoms with van der Waals surface area (Å²) in [4.78, 5) is 37.4. The van der Waals surface area contributed by atoms with E-state index in [1.165, 1.54) is 36.0 Å². The molecule has 8 heteroatoms. The van der Waals surface area contributed by atoms with Crippen molar-refractivity contribution in [3.63, 3.8) is 0 Å². The molecule has 1 unspecified atom stereocenters. The molecule has 0 N–H and O–H groups in total. The zero-order chi connectivity index (χ0) is 24.8. The van der Waals surface area contributed by atoms with Gasteiger partial charge in [-0.3, -0.25) is 0 Å². The smallest absolute Gasteiger partial charge is 0.331 e. The highest BCUT2D eigenvalue weighted by Crippen LogP contribution is 2.72. The lowest BCUT2D eigenvalue weighted by molar-refractivity contribution is -0.232. The maximum Gasteiger partial charge on any atom is 0.331 e. The van der Waals surface area contributed by atoms with Gasteiger partial charge in [-0.2, -0.15) is 0 Å². The molecule has 3 fully saturated rings. The van der Waals surface area contributed by atoms with E-state index in [2.05, 4.69) is 19.9 Å². The van der Waals surface area contributed by atoms with E-state index >= 15 is 0 Å². The van der Waals surface area contributed by atoms with Gasteiger partial charge in [0.2, 0.25) is 0 Å². The monoisotopic (exact) mass is 484 g/mol. The number of carbonyl (C=O) groups is 3. The van der Waals surface area contributed by atoms with Crippen LogP contribution in [-0.4, -0.2) is 61.6 Å². The summed E-state index contributed by atoms with van der Waals surface area (Å²) in [5.41, 5.74) is 0.194. The van der Waals surface area contributed by atoms with Gasteiger partial charge in [0.15, 0.2) is 0 Å². The lowest BCUT2D eigenvalue weighted by atomic mass is 9.51. The number of esters is 3. The van der Waals surface area contributed by atoms with Crippen molar-refractivity contribution in [3.8, 4) is 0 Å². The molecule has 5 rings (SSSR count). The van der Waals surface area contributed by atoms with Crippen molar-refractivity contribution >= 4 is 17.9 Å². The summed E-state index contributed by atoms with van der Waals surface area (Å²) in [5, 5.41) is 0. The number of epoxide rings is 1. The minimum absolute atomic E-state index is 0.125. The maximum atomic E-state index is 12.8. The van der Waals surface area contributed by atoms with Gasteiger partial charge in [0.25, 0.3) is 0 Å². The number of carbonyl (C=O) groups excluding carboxylic acids is 3. The van der Waals surface area contributed by atoms with Gasteiger partial charge in [0.1, 0.15) is 18.3 Å². The van der Waals surface area contributed by atoms with E-state index in [4.69, 9.17) is 23.7 Å². The molecule has 2 saturated heterocycles. The summed E-state index contributed by atoms with van der Waals surface area (Å²) >= 11 is 0. The van der Waals surface area contributed by atoms with Crippen LogP contribution >= 0.6 is 0 Å². The molecule has 2 aliphatic carbocycles. The SMILES string of the molecule is CC1=C[C@H]2O[C@H]3C[C@@H]4OC(=O)/C=C\C=C/C(=O)OCC/C(C)=C\C(=O)OCC2(CC1)[C@]4(C)[C@]31CO1. The van der Waals surface area contributed by atoms with E-state index < -0.39 is 40.4 Å². The molecule has 6 atom stereocenters. The minimum atomic E-state index is -0.613. The second-order valence-corrected chi connectivity index (χ2v) is 10.5. The van der Waals surface area contributed by atoms with Crippen LogP contribution in [0.15, 0.2) is 47.6 Å². The first kappa shape index (κ1) is 24.0. The molecule has 35 heavy (non-hydrogen) atoms. The van der Waals surface area contributed by atoms with Crippen molar-refractivity contribution in [2.45, 2.75) is 70.4 Å². The zero-order valence-corrected chi connectivity index (χ0v) is 20.4. The average Bonchev–Trinajstić information content (AvgIpc) is 3.58. The van der Waals surface area contributed by atoms with Gasteiger partial charge >= 0.3 is 17.9 Å². The molecular weight excluding hydrogens is 452 g/mol. The molecule has 0 amide bonds. The third-order valence-electron chi connectivity index (χ3n) is 8.63. The molecule has 8 nitrogen and oxygen atoms in total. The quantitative estimate of drug-likeness (QED) is 0.224. The van der Waals surface area contributed by atoms with Crippen LogP contribution in [0.5, 0.6) is 0 Å². The average molecular weight is 485 g/mol. The number of hydrogen-bond acceptors (Lipinski definition) is 8. The fraction of sp³-hybridized carbons (Fsp3) is 0.593. The Bertz CT molecular complexity index is 1050. The molecule has 0 aromatic heterocycles. The largest absolute Gasteiger partial charge is 0.462 e. The second kappa shape index (κ2) is 8.75. The molecule has 0 aromatic rings. The summed E-state index contributed by atoms with van der Waals surface area (Å²) in [6, 6.07) is 0. The molecule has 5 aliphatic rings. The molecule has 0 aromatic carbocycles. The molecule has 188 valence electrons. The maximum absolute atomic E-state index is 12.8. The standard InChI is InChI=1S/C27H32O8/c1-17-8-10-26-15-32-24(30)13-18(2)9-11-31-22(28)6-4-5-7-23(29)35-19-14-21(34-20(26)12-17)27(16-33-27)25(19,26)3/h4-7,12-13,19-21H,8-11,14-16H2,1-3H3/b6-4-,7-5-,18-13-/t19-,20+,21-,25+,26?,27-/m0/s1. The van der Waals surface area contributed by atoms with Gasteiger partial charge in [-0.25, -0.2) is 14.4 Å². The van der Waals surface area contributed by atoms with Gasteiger partial charge in [-0.1, -0.05) is 36.3 Å². The molecule has 1 saturated carbocycles. The lowest BCUT2D eigenvalue weighted by Crippen LogP contribution is -2.66. The lowest BCUT2D eigenvalue weighted by Gasteiger charge is -2.58. The van der Waals surface area contributed by atoms with Gasteiger partial charge in [0.05, 0.1) is 30.8 Å². The van der Waals surface area contributed by atoms with E-state index in [0.29, 0.717) is 19.4 Å². The topological polar surface area (TPSA) is 101 Å². The Morgan fingerprint density at radius 3 is 2.37 bits per heavy atom. The van der Waals surface area contributed by atoms with E-state index in [1.54, 1.807) is 6.92 Å². The Labute approximate surface area is 204 Å². The normalized spacial score (nSPS) is 44.9. The van der Waals surface area contributed by atoms with Gasteiger partial charge in [-0.15, -0.1) is 0 Å². The van der Waals surface area contributed by atoms with Crippen LogP contribution in [0.4, 0.5) is 0 Å². The summed E-state index contributed by atoms with van der Waals surface area (Å²) in [7, 11) is 0. The van der Waals surface area contributed by atoms with Crippen molar-refractivity contribution in [2.24, 2.45) is 10.8 Å². The Kier molecular flexibility index (Phi) is 6.00. The van der Waals surface area contributed by atoms with Crippen molar-refractivity contribution in [1.29, 1.82) is 0 Å². The highest BCUT2D eigenvalue weighted by molar-refractivity contribution is 5.85. The van der Waals surface area contributed by atoms with Crippen molar-refractivity contribution in [3.05, 3.63) is 47.6 Å². The second-order valence-electron chi connectivity index (χ2n) is 10.5. The summed E-state index contributed by atoms with van der Waals surface area (Å²) < 4.78 is 29.7. The Balaban J connectivity index is 1.53. The minimum Gasteiger partial charge on any atom is -0.462 e. The number of allylic oxidation sites excluding steroid dienone is 3. The number of cyclic esters (lactones) is 2. The third-order valence-corrected chi connectivity index (χ3v) is 8.63. The first-order valence-electron chi connectivity index (χ1n) is 12.2. The van der Waals surface area contributed by atoms with Crippen molar-refractivity contribution in [2.75, 3.05) is 19.8 Å². The highest BCUT2D eigenvalue weighted by Gasteiger charge is 2.83. The molecule has 3 heterocycles. The third kappa shape index (κ3) is 3.87. The number of ether oxygens (including phenoxy) is 5. The summed E-state index contributed by atoms with van der Waals surface area (Å²) in [6.07, 6.45) is 10.5. The van der Waals surface area contributed by atoms with Crippen molar-refractivity contribution in [1.82, 2.24) is 0 Å². The number of hydrogen-bond donors (Lipinski definition) is 0. The fourth-order valence-electron chi connectivity index (χ4n) is 6.46. The Morgan fingerprint density at radius 1 is 0.886 bits per heavy atom. The van der Waals surface area contributed by atoms with Gasteiger partial charge in [-0.05, 0) is 26.7 Å². The van der Waals surface area contributed by atoms with E-state index in [9.17, 15) is 14.4 Å². The molecule has 0 radical (unpaired) electrons. The Hall–Kier alpha value is -2.71. The molecular formula is C27H32O8. The molecule has 3 aliphatic heterocycles. The highest BCUT2D eigenvalue weighted by atomic mass is 16.6. The molecule has 2 bridgehead atoms. The summed E-state index contributed by atoms with van der Waals surface area (Å²) in [5.74, 6) is -1.50. The first-order valence-corrected chi connectivity index (χ1v) is 12.2. The summed E-state index contributed by atoms with van der Waals surface area (Å²) in [6.45, 7) is 6.77. The van der Waals surface area contributed by atoms with E-state index in [0.717, 1.165) is 18.4 Å². The van der Waals surface area contributed by atoms with Gasteiger partial charge < -0.3 is 23.7 Å². The van der Waals surface area contributed by atoms with Gasteiger partial charge in [0, 0.05) is 36.5 Å². The van der Waals surface area contributed by atoms with Crippen LogP contribution in [0, 0.1) is 10.8 Å². The predicted octanol–water partition coefficient (Wildman–Crippen LogP) is 3.12. The van der Waals surface area contributed by atoms with Crippen LogP contribution < -0.4 is 0 Å². The van der Waals surface area contributed by atoms with Crippen LogP contribution in [0.1, 0.15) is 46.5 Å². The van der Waals surface area contributed by atoms with Crippen molar-refractivity contribution < 1.29 is 38.1 Å². The van der Waals surface area contributed by atoms with Crippen LogP contribution in [0.2, 0.25) is 0 Å². The fourth-order valence-corrected chi connectivity index (χ4v) is 6.46. The predicted molar refractivity (Wildman–Crippen MR) is 124 cm³/mol. The van der Waals surface area contributed by atoms with E-state index in [1.807, 2.05) is 0 Å². The van der Waals surface area contributed by atoms with Crippen LogP contribution in [0.3, 0.4) is 0 Å². The number of rotatable bonds is 0. The van der Waals surface area contributed by atoms with Crippen LogP contribution in [0.25, 0.3) is 0 Å². The van der Waals surface area contributed by atoms with E-state index in [-0.39, 0.29) is 25.4 Å². The van der Waals surface area contributed by atoms with Crippen LogP contribution in [-0.2, 0) is 38.1 Å². The molecule has 2 spiro atoms. The first-order chi connectivity index (χ1) is 16.7. The Morgan fingerprint density at radius 2 is 1.63 bits per heavy atom.